The predicted octanol–water partition coefficient (Wildman–Crippen LogP) is 5.02. The fraction of sp³-hybridized carbons (Fsp3) is 0.375. The third-order valence-electron chi connectivity index (χ3n) is 6.85. The van der Waals surface area contributed by atoms with E-state index in [1.54, 1.807) is 12.1 Å². The van der Waals surface area contributed by atoms with Crippen molar-refractivity contribution in [2.24, 2.45) is 0 Å². The van der Waals surface area contributed by atoms with E-state index in [1.165, 1.54) is 11.1 Å². The summed E-state index contributed by atoms with van der Waals surface area (Å²) in [6, 6.07) is 13.5. The van der Waals surface area contributed by atoms with Crippen LogP contribution < -0.4 is 0 Å². The van der Waals surface area contributed by atoms with E-state index in [0.29, 0.717) is 5.56 Å². The van der Waals surface area contributed by atoms with Crippen LogP contribution in [0.5, 0.6) is 0 Å². The molecule has 0 radical (unpaired) electrons. The summed E-state index contributed by atoms with van der Waals surface area (Å²) in [6.45, 7) is 6.48. The van der Waals surface area contributed by atoms with Gasteiger partial charge in [0.15, 0.2) is 0 Å². The molecule has 2 N–H and O–H groups in total. The maximum Gasteiger partial charge on any atom is 0.335 e. The number of carbonyl (C=O) groups is 1. The molecule has 1 fully saturated rings. The summed E-state index contributed by atoms with van der Waals surface area (Å²) in [4.78, 5) is 11.0. The molecule has 0 amide bonds. The number of hydrogen-bond donors (Lipinski definition) is 2. The summed E-state index contributed by atoms with van der Waals surface area (Å²) in [5.74, 6) is -0.910. The van der Waals surface area contributed by atoms with Gasteiger partial charge in [0, 0.05) is 10.8 Å². The van der Waals surface area contributed by atoms with Crippen LogP contribution in [0.4, 0.5) is 0 Å². The van der Waals surface area contributed by atoms with Gasteiger partial charge in [0.2, 0.25) is 0 Å². The van der Waals surface area contributed by atoms with Gasteiger partial charge in [0.25, 0.3) is 0 Å². The molecule has 2 aliphatic carbocycles. The van der Waals surface area contributed by atoms with Gasteiger partial charge in [0.1, 0.15) is 0 Å². The maximum absolute atomic E-state index is 11.0. The maximum atomic E-state index is 11.0. The first-order chi connectivity index (χ1) is 12.8. The lowest BCUT2D eigenvalue weighted by atomic mass is 9.66. The van der Waals surface area contributed by atoms with Gasteiger partial charge >= 0.3 is 5.97 Å². The first-order valence-corrected chi connectivity index (χ1v) is 9.61. The number of carboxylic acids is 1. The molecule has 0 heterocycles. The number of hydrogen-bond acceptors (Lipinski definition) is 2. The average Bonchev–Trinajstić information content (AvgIpc) is 2.74. The van der Waals surface area contributed by atoms with Gasteiger partial charge in [-0.1, -0.05) is 56.7 Å². The Hall–Kier alpha value is -2.39. The van der Waals surface area contributed by atoms with Crippen molar-refractivity contribution >= 4 is 17.6 Å². The first-order valence-electron chi connectivity index (χ1n) is 9.61. The minimum Gasteiger partial charge on any atom is -0.478 e. The Morgan fingerprint density at radius 3 is 2.22 bits per heavy atom. The summed E-state index contributed by atoms with van der Waals surface area (Å²) in [6.07, 6.45) is 4.98. The zero-order valence-corrected chi connectivity index (χ0v) is 16.1. The summed E-state index contributed by atoms with van der Waals surface area (Å²) >= 11 is 0. The zero-order chi connectivity index (χ0) is 19.4. The lowest BCUT2D eigenvalue weighted by Crippen LogP contribution is -2.46. The van der Waals surface area contributed by atoms with E-state index >= 15 is 0 Å². The zero-order valence-electron chi connectivity index (χ0n) is 16.1. The minimum atomic E-state index is -0.910. The van der Waals surface area contributed by atoms with Crippen LogP contribution in [-0.4, -0.2) is 22.3 Å². The first kappa shape index (κ1) is 18.0. The van der Waals surface area contributed by atoms with Crippen LogP contribution in [0.1, 0.15) is 72.6 Å². The molecule has 2 aliphatic rings. The molecule has 3 nitrogen and oxygen atoms in total. The molecule has 27 heavy (non-hydrogen) atoms. The summed E-state index contributed by atoms with van der Waals surface area (Å²) in [7, 11) is 0. The highest BCUT2D eigenvalue weighted by molar-refractivity contribution is 5.88. The van der Waals surface area contributed by atoms with Gasteiger partial charge in [-0.3, -0.25) is 0 Å². The number of benzene rings is 2. The molecule has 0 aliphatic heterocycles. The fourth-order valence-electron chi connectivity index (χ4n) is 5.18. The Bertz CT molecular complexity index is 941. The Labute approximate surface area is 160 Å². The number of fused-ring (bicyclic) bond motifs is 5. The van der Waals surface area contributed by atoms with Crippen molar-refractivity contribution in [2.75, 3.05) is 0 Å². The van der Waals surface area contributed by atoms with Crippen LogP contribution in [-0.2, 0) is 10.8 Å². The average molecular weight is 362 g/mol. The largest absolute Gasteiger partial charge is 0.478 e. The van der Waals surface area contributed by atoms with Crippen LogP contribution in [0.3, 0.4) is 0 Å². The number of aromatic carboxylic acids is 1. The van der Waals surface area contributed by atoms with Crippen molar-refractivity contribution in [3.8, 4) is 0 Å². The quantitative estimate of drug-likeness (QED) is 0.754. The molecule has 2 aromatic carbocycles. The van der Waals surface area contributed by atoms with Crippen molar-refractivity contribution in [2.45, 2.75) is 57.0 Å². The van der Waals surface area contributed by atoms with E-state index in [0.717, 1.165) is 36.0 Å². The standard InChI is InChI=1S/C24H26O3/c1-15(13-16-5-7-17(8-6-16)21(25)26)18-9-10-19-20(14-18)24(3)12-4-11-23(19,2)22(24)27/h5-10,13-14,22,27H,4,11-12H2,1-3H3,(H,25,26)/b15-13+. The molecule has 4 rings (SSSR count). The molecule has 3 atom stereocenters. The summed E-state index contributed by atoms with van der Waals surface area (Å²) in [5, 5.41) is 20.1. The molecule has 3 heteroatoms. The molecule has 0 saturated heterocycles. The lowest BCUT2D eigenvalue weighted by molar-refractivity contribution is 0.00837. The second kappa shape index (κ2) is 6.07. The van der Waals surface area contributed by atoms with Crippen molar-refractivity contribution < 1.29 is 15.0 Å². The van der Waals surface area contributed by atoms with Gasteiger partial charge in [-0.05, 0) is 59.7 Å². The van der Waals surface area contributed by atoms with Gasteiger partial charge in [-0.15, -0.1) is 0 Å². The van der Waals surface area contributed by atoms with E-state index in [2.05, 4.69) is 45.0 Å². The molecule has 3 unspecified atom stereocenters. The smallest absolute Gasteiger partial charge is 0.335 e. The third kappa shape index (κ3) is 2.64. The van der Waals surface area contributed by atoms with Crippen LogP contribution in [0.2, 0.25) is 0 Å². The SMILES string of the molecule is C/C(=C\c1ccc(C(=O)O)cc1)c1ccc2c(c1)C1(C)CCCC2(C)C1O. The fourth-order valence-corrected chi connectivity index (χ4v) is 5.18. The molecule has 0 spiro atoms. The minimum absolute atomic E-state index is 0.134. The third-order valence-corrected chi connectivity index (χ3v) is 6.85. The second-order valence-corrected chi connectivity index (χ2v) is 8.61. The predicted molar refractivity (Wildman–Crippen MR) is 108 cm³/mol. The molecule has 2 bridgehead atoms. The molecule has 1 saturated carbocycles. The van der Waals surface area contributed by atoms with Crippen molar-refractivity contribution in [1.82, 2.24) is 0 Å². The van der Waals surface area contributed by atoms with Crippen LogP contribution >= 0.6 is 0 Å². The van der Waals surface area contributed by atoms with Crippen LogP contribution in [0, 0.1) is 0 Å². The number of aliphatic hydroxyl groups is 1. The van der Waals surface area contributed by atoms with Crippen LogP contribution in [0.15, 0.2) is 42.5 Å². The molecular formula is C24H26O3. The van der Waals surface area contributed by atoms with E-state index in [4.69, 9.17) is 5.11 Å². The molecule has 140 valence electrons. The van der Waals surface area contributed by atoms with Gasteiger partial charge in [-0.2, -0.15) is 0 Å². The van der Waals surface area contributed by atoms with Gasteiger partial charge < -0.3 is 10.2 Å². The van der Waals surface area contributed by atoms with E-state index < -0.39 is 5.97 Å². The second-order valence-electron chi connectivity index (χ2n) is 8.61. The number of aliphatic hydroxyl groups excluding tert-OH is 1. The highest BCUT2D eigenvalue weighted by Gasteiger charge is 2.57. The van der Waals surface area contributed by atoms with E-state index in [1.807, 2.05) is 12.1 Å². The number of carboxylic acid groups (broad SMARTS) is 1. The van der Waals surface area contributed by atoms with Crippen molar-refractivity contribution in [1.29, 1.82) is 0 Å². The van der Waals surface area contributed by atoms with Crippen molar-refractivity contribution in [3.63, 3.8) is 0 Å². The number of allylic oxidation sites excluding steroid dienone is 1. The van der Waals surface area contributed by atoms with Crippen LogP contribution in [0.25, 0.3) is 11.6 Å². The molecule has 2 aromatic rings. The Kier molecular flexibility index (Phi) is 4.04. The Morgan fingerprint density at radius 2 is 1.59 bits per heavy atom. The number of rotatable bonds is 3. The summed E-state index contributed by atoms with van der Waals surface area (Å²) < 4.78 is 0. The topological polar surface area (TPSA) is 57.5 Å². The highest BCUT2D eigenvalue weighted by Crippen LogP contribution is 2.58. The monoisotopic (exact) mass is 362 g/mol. The van der Waals surface area contributed by atoms with Gasteiger partial charge in [0.05, 0.1) is 11.7 Å². The van der Waals surface area contributed by atoms with E-state index in [-0.39, 0.29) is 16.9 Å². The highest BCUT2D eigenvalue weighted by atomic mass is 16.4. The van der Waals surface area contributed by atoms with Crippen molar-refractivity contribution in [3.05, 3.63) is 70.3 Å². The van der Waals surface area contributed by atoms with Gasteiger partial charge in [-0.25, -0.2) is 4.79 Å². The molecular weight excluding hydrogens is 336 g/mol. The van der Waals surface area contributed by atoms with E-state index in [9.17, 15) is 9.90 Å². The Balaban J connectivity index is 1.71. The normalized spacial score (nSPS) is 29.5. The lowest BCUT2D eigenvalue weighted by Gasteiger charge is -2.41. The Morgan fingerprint density at radius 1 is 1.00 bits per heavy atom. The molecule has 0 aromatic heterocycles. The summed E-state index contributed by atoms with van der Waals surface area (Å²) in [5.41, 5.74) is 5.86.